The van der Waals surface area contributed by atoms with Gasteiger partial charge < -0.3 is 5.32 Å². The first-order valence-corrected chi connectivity index (χ1v) is 4.96. The molecule has 1 aliphatic carbocycles. The minimum absolute atomic E-state index is 0.382. The second-order valence-corrected chi connectivity index (χ2v) is 4.26. The largest absolute Gasteiger partial charge is 0.359 e. The monoisotopic (exact) mass is 188 g/mol. The Labute approximate surface area is 74.6 Å². The molecule has 0 spiro atoms. The van der Waals surface area contributed by atoms with Crippen molar-refractivity contribution in [3.05, 3.63) is 11.6 Å². The van der Waals surface area contributed by atoms with Crippen LogP contribution in [0.5, 0.6) is 0 Å². The summed E-state index contributed by atoms with van der Waals surface area (Å²) in [7, 11) is 0. The maximum Gasteiger partial charge on any atom is 0.182 e. The van der Waals surface area contributed by atoms with Gasteiger partial charge in [-0.25, -0.2) is 4.98 Å². The van der Waals surface area contributed by atoms with E-state index in [0.717, 1.165) is 18.0 Å². The normalized spacial score (nSPS) is 29.5. The van der Waals surface area contributed by atoms with Crippen molar-refractivity contribution < 1.29 is 0 Å². The van der Waals surface area contributed by atoms with Crippen LogP contribution in [0.15, 0.2) is 11.6 Å². The zero-order chi connectivity index (χ0) is 7.68. The number of anilines is 1. The highest BCUT2D eigenvalue weighted by atomic mass is 35.5. The molecule has 0 aromatic carbocycles. The summed E-state index contributed by atoms with van der Waals surface area (Å²) in [5, 5.41) is 6.68. The molecule has 0 atom stereocenters. The number of rotatable bonds is 2. The van der Waals surface area contributed by atoms with Gasteiger partial charge >= 0.3 is 0 Å². The number of halogens is 1. The summed E-state index contributed by atoms with van der Waals surface area (Å²) in [5.41, 5.74) is 0. The molecule has 1 aromatic rings. The lowest BCUT2D eigenvalue weighted by Crippen LogP contribution is -2.35. The van der Waals surface area contributed by atoms with E-state index < -0.39 is 0 Å². The van der Waals surface area contributed by atoms with Gasteiger partial charge in [0.25, 0.3) is 0 Å². The van der Waals surface area contributed by atoms with Crippen LogP contribution in [0.1, 0.15) is 12.8 Å². The second-order valence-electron chi connectivity index (χ2n) is 2.75. The van der Waals surface area contributed by atoms with Gasteiger partial charge in [-0.15, -0.1) is 22.9 Å². The van der Waals surface area contributed by atoms with Gasteiger partial charge in [-0.2, -0.15) is 0 Å². The Hall–Kier alpha value is -0.280. The summed E-state index contributed by atoms with van der Waals surface area (Å²) < 4.78 is 0. The zero-order valence-corrected chi connectivity index (χ0v) is 7.53. The lowest BCUT2D eigenvalue weighted by atomic mass is 9.93. The van der Waals surface area contributed by atoms with Crippen molar-refractivity contribution in [1.82, 2.24) is 4.98 Å². The zero-order valence-electron chi connectivity index (χ0n) is 5.96. The lowest BCUT2D eigenvalue weighted by molar-refractivity contribution is 0.454. The van der Waals surface area contributed by atoms with E-state index >= 15 is 0 Å². The van der Waals surface area contributed by atoms with E-state index in [9.17, 15) is 0 Å². The molecule has 2 rings (SSSR count). The molecule has 1 aromatic heterocycles. The molecule has 0 radical (unpaired) electrons. The number of hydrogen-bond acceptors (Lipinski definition) is 3. The van der Waals surface area contributed by atoms with Crippen molar-refractivity contribution in [2.45, 2.75) is 24.3 Å². The van der Waals surface area contributed by atoms with Crippen LogP contribution in [-0.2, 0) is 0 Å². The highest BCUT2D eigenvalue weighted by Gasteiger charge is 2.27. The molecule has 1 heterocycles. The summed E-state index contributed by atoms with van der Waals surface area (Å²) in [6.45, 7) is 0. The number of hydrogen-bond donors (Lipinski definition) is 1. The van der Waals surface area contributed by atoms with E-state index in [1.165, 1.54) is 0 Å². The Morgan fingerprint density at radius 2 is 2.45 bits per heavy atom. The summed E-state index contributed by atoms with van der Waals surface area (Å²) in [6, 6.07) is 0.559. The fourth-order valence-electron chi connectivity index (χ4n) is 1.14. The van der Waals surface area contributed by atoms with Gasteiger partial charge in [-0.3, -0.25) is 0 Å². The van der Waals surface area contributed by atoms with Crippen LogP contribution in [0, 0.1) is 0 Å². The molecular formula is C7H9ClN2S. The fraction of sp³-hybridized carbons (Fsp3) is 0.571. The van der Waals surface area contributed by atoms with E-state index in [2.05, 4.69) is 10.3 Å². The molecule has 0 unspecified atom stereocenters. The Morgan fingerprint density at radius 3 is 3.00 bits per heavy atom. The van der Waals surface area contributed by atoms with Crippen LogP contribution in [0.25, 0.3) is 0 Å². The van der Waals surface area contributed by atoms with Gasteiger partial charge in [0.2, 0.25) is 0 Å². The molecular weight excluding hydrogens is 180 g/mol. The fourth-order valence-corrected chi connectivity index (χ4v) is 2.17. The van der Waals surface area contributed by atoms with Crippen LogP contribution in [-0.4, -0.2) is 16.4 Å². The summed E-state index contributed by atoms with van der Waals surface area (Å²) in [6.07, 6.45) is 3.95. The van der Waals surface area contributed by atoms with E-state index in [1.807, 2.05) is 11.6 Å². The van der Waals surface area contributed by atoms with Crippen molar-refractivity contribution in [3.8, 4) is 0 Å². The van der Waals surface area contributed by atoms with Gasteiger partial charge in [0.1, 0.15) is 0 Å². The van der Waals surface area contributed by atoms with Crippen molar-refractivity contribution >= 4 is 28.1 Å². The van der Waals surface area contributed by atoms with Gasteiger partial charge in [0, 0.05) is 23.0 Å². The SMILES string of the molecule is ClC1CC(Nc2nccs2)C1. The molecule has 0 saturated heterocycles. The molecule has 0 aliphatic heterocycles. The maximum atomic E-state index is 5.83. The van der Waals surface area contributed by atoms with Gasteiger partial charge in [-0.1, -0.05) is 0 Å². The third kappa shape index (κ3) is 1.65. The van der Waals surface area contributed by atoms with Crippen molar-refractivity contribution in [2.75, 3.05) is 5.32 Å². The Bertz CT molecular complexity index is 218. The van der Waals surface area contributed by atoms with Gasteiger partial charge in [0.15, 0.2) is 5.13 Å². The molecule has 60 valence electrons. The highest BCUT2D eigenvalue weighted by molar-refractivity contribution is 7.13. The molecule has 2 nitrogen and oxygen atoms in total. The number of nitrogens with one attached hydrogen (secondary N) is 1. The minimum atomic E-state index is 0.382. The van der Waals surface area contributed by atoms with Crippen molar-refractivity contribution in [3.63, 3.8) is 0 Å². The summed E-state index contributed by atoms with van der Waals surface area (Å²) in [5.74, 6) is 0. The molecule has 1 fully saturated rings. The Kier molecular flexibility index (Phi) is 2.00. The molecule has 4 heteroatoms. The van der Waals surface area contributed by atoms with E-state index in [1.54, 1.807) is 11.3 Å². The van der Waals surface area contributed by atoms with E-state index in [4.69, 9.17) is 11.6 Å². The summed E-state index contributed by atoms with van der Waals surface area (Å²) in [4.78, 5) is 4.13. The van der Waals surface area contributed by atoms with Crippen LogP contribution in [0.4, 0.5) is 5.13 Å². The number of alkyl halides is 1. The van der Waals surface area contributed by atoms with Crippen LogP contribution >= 0.6 is 22.9 Å². The molecule has 1 saturated carbocycles. The Balaban J connectivity index is 1.84. The highest BCUT2D eigenvalue weighted by Crippen LogP contribution is 2.28. The van der Waals surface area contributed by atoms with Crippen molar-refractivity contribution in [1.29, 1.82) is 0 Å². The third-order valence-electron chi connectivity index (χ3n) is 1.84. The second kappa shape index (κ2) is 2.99. The van der Waals surface area contributed by atoms with Crippen LogP contribution in [0.3, 0.4) is 0 Å². The predicted octanol–water partition coefficient (Wildman–Crippen LogP) is 2.32. The Morgan fingerprint density at radius 1 is 1.64 bits per heavy atom. The van der Waals surface area contributed by atoms with E-state index in [0.29, 0.717) is 11.4 Å². The van der Waals surface area contributed by atoms with Crippen LogP contribution in [0.2, 0.25) is 0 Å². The lowest BCUT2D eigenvalue weighted by Gasteiger charge is -2.31. The maximum absolute atomic E-state index is 5.83. The van der Waals surface area contributed by atoms with Gasteiger partial charge in [0.05, 0.1) is 0 Å². The average molecular weight is 189 g/mol. The third-order valence-corrected chi connectivity index (χ3v) is 2.90. The quantitative estimate of drug-likeness (QED) is 0.721. The first-order valence-electron chi connectivity index (χ1n) is 3.64. The van der Waals surface area contributed by atoms with Gasteiger partial charge in [-0.05, 0) is 12.8 Å². The molecule has 0 bridgehead atoms. The standard InChI is InChI=1S/C7H9ClN2S/c8-5-3-6(4-5)10-7-9-1-2-11-7/h1-2,5-6H,3-4H2,(H,9,10). The number of aromatic nitrogens is 1. The van der Waals surface area contributed by atoms with E-state index in [-0.39, 0.29) is 0 Å². The first kappa shape index (κ1) is 7.37. The smallest absolute Gasteiger partial charge is 0.182 e. The number of thiazole rings is 1. The average Bonchev–Trinajstić information content (AvgIpc) is 2.36. The van der Waals surface area contributed by atoms with Crippen molar-refractivity contribution in [2.24, 2.45) is 0 Å². The van der Waals surface area contributed by atoms with Crippen LogP contribution < -0.4 is 5.32 Å². The molecule has 0 amide bonds. The molecule has 1 aliphatic rings. The predicted molar refractivity (Wildman–Crippen MR) is 48.4 cm³/mol. The minimum Gasteiger partial charge on any atom is -0.359 e. The first-order chi connectivity index (χ1) is 5.34. The summed E-state index contributed by atoms with van der Waals surface area (Å²) >= 11 is 7.46. The number of nitrogens with zero attached hydrogens (tertiary/aromatic N) is 1. The molecule has 1 N–H and O–H groups in total. The topological polar surface area (TPSA) is 24.9 Å². The molecule has 11 heavy (non-hydrogen) atoms.